The lowest BCUT2D eigenvalue weighted by atomic mass is 10.2. The first kappa shape index (κ1) is 19.8. The van der Waals surface area contributed by atoms with Crippen molar-refractivity contribution in [3.05, 3.63) is 65.3 Å². The van der Waals surface area contributed by atoms with Crippen LogP contribution >= 0.6 is 11.3 Å². The molecule has 1 amide bonds. The first-order valence-corrected chi connectivity index (χ1v) is 9.17. The Hall–Kier alpha value is -3.47. The molecule has 0 bridgehead atoms. The summed E-state index contributed by atoms with van der Waals surface area (Å²) in [5, 5.41) is 4.74. The maximum atomic E-state index is 13.5. The lowest BCUT2D eigenvalue weighted by molar-refractivity contribution is -0.274. The average Bonchev–Trinajstić information content (AvgIpc) is 3.30. The normalized spacial score (nSPS) is 11.6. The molecule has 0 aliphatic rings. The fourth-order valence-corrected chi connectivity index (χ4v) is 3.52. The number of thiazole rings is 1. The van der Waals surface area contributed by atoms with Crippen LogP contribution in [0, 0.1) is 11.6 Å². The highest BCUT2D eigenvalue weighted by molar-refractivity contribution is 7.13. The molecule has 0 unspecified atom stereocenters. The number of anilines is 1. The van der Waals surface area contributed by atoms with Gasteiger partial charge >= 0.3 is 6.36 Å². The van der Waals surface area contributed by atoms with Gasteiger partial charge in [-0.25, -0.2) is 13.8 Å². The third kappa shape index (κ3) is 4.10. The summed E-state index contributed by atoms with van der Waals surface area (Å²) in [5.74, 6) is -3.02. The smallest absolute Gasteiger partial charge is 0.406 e. The molecule has 0 spiro atoms. The molecule has 5 nitrogen and oxygen atoms in total. The fraction of sp³-hybridized carbons (Fsp3) is 0.0526. The van der Waals surface area contributed by atoms with Crippen LogP contribution in [0.2, 0.25) is 0 Å². The van der Waals surface area contributed by atoms with Crippen LogP contribution in [0.15, 0.2) is 48.0 Å². The Kier molecular flexibility index (Phi) is 4.90. The summed E-state index contributed by atoms with van der Waals surface area (Å²) < 4.78 is 67.3. The SMILES string of the molecule is O=C(Nc1c[nH]c2cc(F)c(F)cc12)c1csc(-c2ccc(OC(F)(F)F)cc2)n1. The van der Waals surface area contributed by atoms with Gasteiger partial charge in [-0.15, -0.1) is 24.5 Å². The summed E-state index contributed by atoms with van der Waals surface area (Å²) in [4.78, 5) is 19.4. The summed E-state index contributed by atoms with van der Waals surface area (Å²) in [5.41, 5.74) is 1.11. The van der Waals surface area contributed by atoms with E-state index in [1.54, 1.807) is 0 Å². The number of benzene rings is 2. The summed E-state index contributed by atoms with van der Waals surface area (Å²) in [6.45, 7) is 0. The number of fused-ring (bicyclic) bond motifs is 1. The van der Waals surface area contributed by atoms with E-state index >= 15 is 0 Å². The standard InChI is InChI=1S/C19H10F5N3O2S/c20-12-5-11-14(6-13(12)21)25-7-15(11)26-17(28)16-8-30-18(27-16)9-1-3-10(4-2-9)29-19(22,23)24/h1-8,25H,(H,26,28). The Morgan fingerprint density at radius 2 is 1.80 bits per heavy atom. The van der Waals surface area contributed by atoms with Gasteiger partial charge in [0.1, 0.15) is 16.5 Å². The molecular weight excluding hydrogens is 429 g/mol. The van der Waals surface area contributed by atoms with Crippen molar-refractivity contribution in [1.29, 1.82) is 0 Å². The molecule has 2 heterocycles. The van der Waals surface area contributed by atoms with E-state index in [2.05, 4.69) is 20.0 Å². The van der Waals surface area contributed by atoms with Gasteiger partial charge in [0, 0.05) is 28.6 Å². The second-order valence-corrected chi connectivity index (χ2v) is 6.94. The summed E-state index contributed by atoms with van der Waals surface area (Å²) in [6.07, 6.45) is -3.39. The average molecular weight is 439 g/mol. The molecule has 2 aromatic heterocycles. The van der Waals surface area contributed by atoms with Gasteiger partial charge in [0.25, 0.3) is 5.91 Å². The molecule has 154 valence electrons. The molecule has 2 aromatic carbocycles. The molecule has 0 saturated carbocycles. The lowest BCUT2D eigenvalue weighted by Crippen LogP contribution is -2.16. The second-order valence-electron chi connectivity index (χ2n) is 6.08. The lowest BCUT2D eigenvalue weighted by Gasteiger charge is -2.08. The highest BCUT2D eigenvalue weighted by atomic mass is 32.1. The molecule has 0 atom stereocenters. The number of H-pyrrole nitrogens is 1. The highest BCUT2D eigenvalue weighted by Crippen LogP contribution is 2.29. The van der Waals surface area contributed by atoms with E-state index in [0.717, 1.165) is 35.6 Å². The first-order valence-electron chi connectivity index (χ1n) is 8.29. The third-order valence-corrected chi connectivity index (χ3v) is 4.93. The van der Waals surface area contributed by atoms with Crippen molar-refractivity contribution in [2.24, 2.45) is 0 Å². The van der Waals surface area contributed by atoms with Gasteiger partial charge in [-0.05, 0) is 30.3 Å². The number of hydrogen-bond acceptors (Lipinski definition) is 4. The van der Waals surface area contributed by atoms with E-state index in [1.165, 1.54) is 23.7 Å². The number of aromatic nitrogens is 2. The van der Waals surface area contributed by atoms with Crippen LogP contribution in [-0.4, -0.2) is 22.2 Å². The van der Waals surface area contributed by atoms with Crippen molar-refractivity contribution in [3.8, 4) is 16.3 Å². The van der Waals surface area contributed by atoms with Crippen LogP contribution < -0.4 is 10.1 Å². The van der Waals surface area contributed by atoms with Crippen molar-refractivity contribution < 1.29 is 31.5 Å². The predicted molar refractivity (Wildman–Crippen MR) is 100 cm³/mol. The number of rotatable bonds is 4. The van der Waals surface area contributed by atoms with Crippen LogP contribution in [0.5, 0.6) is 5.75 Å². The Bertz CT molecular complexity index is 1230. The van der Waals surface area contributed by atoms with Gasteiger partial charge in [0.15, 0.2) is 11.6 Å². The van der Waals surface area contributed by atoms with E-state index in [1.807, 2.05) is 0 Å². The first-order chi connectivity index (χ1) is 14.2. The van der Waals surface area contributed by atoms with E-state index in [-0.39, 0.29) is 22.5 Å². The zero-order chi connectivity index (χ0) is 21.5. The van der Waals surface area contributed by atoms with Crippen LogP contribution in [0.1, 0.15) is 10.5 Å². The Balaban J connectivity index is 1.51. The number of amides is 1. The summed E-state index contributed by atoms with van der Waals surface area (Å²) in [6, 6.07) is 7.01. The Labute approximate surface area is 169 Å². The zero-order valence-electron chi connectivity index (χ0n) is 14.7. The van der Waals surface area contributed by atoms with Gasteiger partial charge < -0.3 is 15.0 Å². The number of aromatic amines is 1. The molecule has 0 aliphatic heterocycles. The summed E-state index contributed by atoms with van der Waals surface area (Å²) in [7, 11) is 0. The molecule has 4 rings (SSSR count). The van der Waals surface area contributed by atoms with E-state index in [4.69, 9.17) is 0 Å². The molecule has 0 aliphatic carbocycles. The van der Waals surface area contributed by atoms with Gasteiger partial charge in [0.05, 0.1) is 11.2 Å². The van der Waals surface area contributed by atoms with Gasteiger partial charge in [0.2, 0.25) is 0 Å². The van der Waals surface area contributed by atoms with E-state index in [9.17, 15) is 26.7 Å². The van der Waals surface area contributed by atoms with Crippen LogP contribution in [-0.2, 0) is 0 Å². The van der Waals surface area contributed by atoms with Crippen molar-refractivity contribution >= 4 is 33.8 Å². The maximum absolute atomic E-state index is 13.5. The number of halogens is 5. The van der Waals surface area contributed by atoms with E-state index in [0.29, 0.717) is 16.1 Å². The number of ether oxygens (including phenoxy) is 1. The molecule has 30 heavy (non-hydrogen) atoms. The van der Waals surface area contributed by atoms with Gasteiger partial charge in [-0.1, -0.05) is 0 Å². The number of carbonyl (C=O) groups excluding carboxylic acids is 1. The van der Waals surface area contributed by atoms with Crippen molar-refractivity contribution in [2.45, 2.75) is 6.36 Å². The predicted octanol–water partition coefficient (Wildman–Crippen LogP) is 5.72. The minimum atomic E-state index is -4.79. The highest BCUT2D eigenvalue weighted by Gasteiger charge is 2.31. The maximum Gasteiger partial charge on any atom is 0.573 e. The largest absolute Gasteiger partial charge is 0.573 e. The molecule has 4 aromatic rings. The Morgan fingerprint density at radius 1 is 1.10 bits per heavy atom. The van der Waals surface area contributed by atoms with Gasteiger partial charge in [-0.3, -0.25) is 4.79 Å². The zero-order valence-corrected chi connectivity index (χ0v) is 15.5. The van der Waals surface area contributed by atoms with Crippen LogP contribution in [0.4, 0.5) is 27.6 Å². The monoisotopic (exact) mass is 439 g/mol. The molecular formula is C19H10F5N3O2S. The number of nitrogens with zero attached hydrogens (tertiary/aromatic N) is 1. The number of nitrogens with one attached hydrogen (secondary N) is 2. The second kappa shape index (κ2) is 7.41. The van der Waals surface area contributed by atoms with Crippen LogP contribution in [0.25, 0.3) is 21.5 Å². The van der Waals surface area contributed by atoms with E-state index < -0.39 is 23.9 Å². The number of carbonyl (C=O) groups is 1. The number of alkyl halides is 3. The topological polar surface area (TPSA) is 67.0 Å². The minimum absolute atomic E-state index is 0.0579. The fourth-order valence-electron chi connectivity index (χ4n) is 2.72. The Morgan fingerprint density at radius 3 is 2.50 bits per heavy atom. The molecule has 0 radical (unpaired) electrons. The van der Waals surface area contributed by atoms with Crippen molar-refractivity contribution in [1.82, 2.24) is 9.97 Å². The molecule has 11 heteroatoms. The van der Waals surface area contributed by atoms with Gasteiger partial charge in [-0.2, -0.15) is 0 Å². The molecule has 2 N–H and O–H groups in total. The number of hydrogen-bond donors (Lipinski definition) is 2. The van der Waals surface area contributed by atoms with Crippen LogP contribution in [0.3, 0.4) is 0 Å². The quantitative estimate of drug-likeness (QED) is 0.400. The van der Waals surface area contributed by atoms with Crippen molar-refractivity contribution in [3.63, 3.8) is 0 Å². The third-order valence-electron chi connectivity index (χ3n) is 4.04. The minimum Gasteiger partial charge on any atom is -0.406 e. The van der Waals surface area contributed by atoms with Crippen molar-refractivity contribution in [2.75, 3.05) is 5.32 Å². The molecule has 0 saturated heterocycles. The summed E-state index contributed by atoms with van der Waals surface area (Å²) >= 11 is 1.12. The molecule has 0 fully saturated rings.